The lowest BCUT2D eigenvalue weighted by Crippen LogP contribution is -2.52. The number of nitriles is 1. The van der Waals surface area contributed by atoms with Crippen molar-refractivity contribution in [3.05, 3.63) is 42.2 Å². The molecule has 0 aliphatic carbocycles. The highest BCUT2D eigenvalue weighted by atomic mass is 16.5. The summed E-state index contributed by atoms with van der Waals surface area (Å²) in [5.41, 5.74) is 1.47. The molecule has 3 rings (SSSR count). The van der Waals surface area contributed by atoms with Crippen LogP contribution < -0.4 is 10.2 Å². The Bertz CT molecular complexity index is 618. The molecule has 2 heterocycles. The van der Waals surface area contributed by atoms with Crippen molar-refractivity contribution in [2.24, 2.45) is 0 Å². The number of nitrogens with one attached hydrogen (secondary N) is 1. The minimum absolute atomic E-state index is 0.104. The van der Waals surface area contributed by atoms with E-state index in [1.54, 1.807) is 18.4 Å². The Kier molecular flexibility index (Phi) is 4.94. The SMILES string of the molecule is N#Cc1ccc(N2CCC[C@@H](NC[C@H]3CCC=CO3)C2=O)cc1. The predicted molar refractivity (Wildman–Crippen MR) is 87.8 cm³/mol. The fourth-order valence-electron chi connectivity index (χ4n) is 3.05. The van der Waals surface area contributed by atoms with Crippen LogP contribution in [0.3, 0.4) is 0 Å². The van der Waals surface area contributed by atoms with Crippen LogP contribution in [0, 0.1) is 11.3 Å². The van der Waals surface area contributed by atoms with E-state index in [2.05, 4.69) is 11.4 Å². The number of hydrogen-bond donors (Lipinski definition) is 1. The number of nitrogens with zero attached hydrogens (tertiary/aromatic N) is 2. The van der Waals surface area contributed by atoms with E-state index in [0.29, 0.717) is 12.1 Å². The van der Waals surface area contributed by atoms with Crippen LogP contribution in [-0.2, 0) is 9.53 Å². The second-order valence-corrected chi connectivity index (χ2v) is 5.96. The molecule has 1 amide bonds. The number of rotatable bonds is 4. The molecule has 0 radical (unpaired) electrons. The third kappa shape index (κ3) is 3.72. The first-order valence-corrected chi connectivity index (χ1v) is 8.13. The van der Waals surface area contributed by atoms with Gasteiger partial charge in [-0.25, -0.2) is 0 Å². The number of piperidine rings is 1. The van der Waals surface area contributed by atoms with Crippen LogP contribution in [0.5, 0.6) is 0 Å². The van der Waals surface area contributed by atoms with Crippen LogP contribution in [0.1, 0.15) is 31.2 Å². The third-order valence-corrected chi connectivity index (χ3v) is 4.36. The van der Waals surface area contributed by atoms with E-state index < -0.39 is 0 Å². The summed E-state index contributed by atoms with van der Waals surface area (Å²) in [5.74, 6) is 0.104. The Morgan fingerprint density at radius 2 is 2.13 bits per heavy atom. The first-order chi connectivity index (χ1) is 11.3. The van der Waals surface area contributed by atoms with E-state index in [4.69, 9.17) is 10.00 Å². The van der Waals surface area contributed by atoms with E-state index >= 15 is 0 Å². The zero-order chi connectivity index (χ0) is 16.1. The zero-order valence-electron chi connectivity index (χ0n) is 13.1. The summed E-state index contributed by atoms with van der Waals surface area (Å²) in [6, 6.07) is 9.13. The number of amides is 1. The standard InChI is InChI=1S/C18H21N3O2/c19-12-14-6-8-15(9-7-14)21-10-3-5-17(18(21)22)20-13-16-4-1-2-11-23-16/h2,6-9,11,16-17,20H,1,3-5,10,13H2/t16-,17-/m1/s1. The predicted octanol–water partition coefficient (Wildman–Crippen LogP) is 2.34. The van der Waals surface area contributed by atoms with Gasteiger partial charge in [-0.2, -0.15) is 5.26 Å². The molecule has 0 bridgehead atoms. The Labute approximate surface area is 136 Å². The molecule has 1 saturated heterocycles. The largest absolute Gasteiger partial charge is 0.497 e. The monoisotopic (exact) mass is 311 g/mol. The Morgan fingerprint density at radius 3 is 2.83 bits per heavy atom. The van der Waals surface area contributed by atoms with E-state index in [9.17, 15) is 4.79 Å². The molecule has 0 spiro atoms. The molecule has 0 unspecified atom stereocenters. The van der Waals surface area contributed by atoms with Gasteiger partial charge in [0.2, 0.25) is 5.91 Å². The molecule has 2 atom stereocenters. The molecule has 23 heavy (non-hydrogen) atoms. The molecule has 1 N–H and O–H groups in total. The lowest BCUT2D eigenvalue weighted by molar-refractivity contribution is -0.121. The number of hydrogen-bond acceptors (Lipinski definition) is 4. The Balaban J connectivity index is 1.61. The first-order valence-electron chi connectivity index (χ1n) is 8.13. The van der Waals surface area contributed by atoms with Gasteiger partial charge < -0.3 is 15.0 Å². The maximum atomic E-state index is 12.7. The molecule has 0 aromatic heterocycles. The van der Waals surface area contributed by atoms with Gasteiger partial charge in [0.15, 0.2) is 0 Å². The lowest BCUT2D eigenvalue weighted by atomic mass is 10.0. The Hall–Kier alpha value is -2.32. The van der Waals surface area contributed by atoms with Crippen molar-refractivity contribution in [2.45, 2.75) is 37.8 Å². The summed E-state index contributed by atoms with van der Waals surface area (Å²) in [5, 5.41) is 12.2. The number of carbonyl (C=O) groups excluding carboxylic acids is 1. The number of carbonyl (C=O) groups is 1. The topological polar surface area (TPSA) is 65.4 Å². The van der Waals surface area contributed by atoms with Crippen molar-refractivity contribution in [3.8, 4) is 6.07 Å². The summed E-state index contributed by atoms with van der Waals surface area (Å²) in [7, 11) is 0. The lowest BCUT2D eigenvalue weighted by Gasteiger charge is -2.33. The third-order valence-electron chi connectivity index (χ3n) is 4.36. The second-order valence-electron chi connectivity index (χ2n) is 5.96. The normalized spacial score (nSPS) is 24.1. The van der Waals surface area contributed by atoms with Crippen LogP contribution >= 0.6 is 0 Å². The van der Waals surface area contributed by atoms with Gasteiger partial charge in [0.05, 0.1) is 23.9 Å². The molecule has 120 valence electrons. The maximum Gasteiger partial charge on any atom is 0.244 e. The highest BCUT2D eigenvalue weighted by Gasteiger charge is 2.30. The minimum atomic E-state index is -0.158. The number of allylic oxidation sites excluding steroid dienone is 1. The van der Waals surface area contributed by atoms with Gasteiger partial charge in [0, 0.05) is 18.8 Å². The molecule has 2 aliphatic rings. The van der Waals surface area contributed by atoms with Crippen molar-refractivity contribution >= 4 is 11.6 Å². The van der Waals surface area contributed by atoms with Crippen molar-refractivity contribution in [2.75, 3.05) is 18.0 Å². The van der Waals surface area contributed by atoms with Gasteiger partial charge in [0.1, 0.15) is 6.10 Å². The smallest absolute Gasteiger partial charge is 0.244 e. The molecule has 0 saturated carbocycles. The zero-order valence-corrected chi connectivity index (χ0v) is 13.1. The number of ether oxygens (including phenoxy) is 1. The fraction of sp³-hybridized carbons (Fsp3) is 0.444. The molecule has 1 fully saturated rings. The van der Waals surface area contributed by atoms with Gasteiger partial charge in [-0.15, -0.1) is 0 Å². The van der Waals surface area contributed by atoms with Crippen molar-refractivity contribution in [3.63, 3.8) is 0 Å². The van der Waals surface area contributed by atoms with Gasteiger partial charge in [-0.05, 0) is 56.0 Å². The fourth-order valence-corrected chi connectivity index (χ4v) is 3.05. The average Bonchev–Trinajstić information content (AvgIpc) is 2.62. The molecular formula is C18H21N3O2. The van der Waals surface area contributed by atoms with E-state index in [1.165, 1.54) is 0 Å². The molecule has 1 aromatic carbocycles. The van der Waals surface area contributed by atoms with Gasteiger partial charge in [0.25, 0.3) is 0 Å². The second kappa shape index (κ2) is 7.30. The van der Waals surface area contributed by atoms with Crippen LogP contribution in [0.15, 0.2) is 36.6 Å². The van der Waals surface area contributed by atoms with Crippen LogP contribution in [-0.4, -0.2) is 31.1 Å². The number of benzene rings is 1. The van der Waals surface area contributed by atoms with E-state index in [0.717, 1.165) is 37.9 Å². The quantitative estimate of drug-likeness (QED) is 0.927. The molecule has 2 aliphatic heterocycles. The summed E-state index contributed by atoms with van der Waals surface area (Å²) in [6.45, 7) is 1.42. The van der Waals surface area contributed by atoms with Gasteiger partial charge >= 0.3 is 0 Å². The highest BCUT2D eigenvalue weighted by Crippen LogP contribution is 2.22. The highest BCUT2D eigenvalue weighted by molar-refractivity contribution is 5.97. The van der Waals surface area contributed by atoms with Crippen molar-refractivity contribution in [1.82, 2.24) is 5.32 Å². The Morgan fingerprint density at radius 1 is 1.30 bits per heavy atom. The van der Waals surface area contributed by atoms with Gasteiger partial charge in [-0.3, -0.25) is 4.79 Å². The summed E-state index contributed by atoms with van der Waals surface area (Å²) >= 11 is 0. The molecule has 5 heteroatoms. The maximum absolute atomic E-state index is 12.7. The van der Waals surface area contributed by atoms with E-state index in [1.807, 2.05) is 23.1 Å². The molecular weight excluding hydrogens is 290 g/mol. The van der Waals surface area contributed by atoms with Crippen LogP contribution in [0.2, 0.25) is 0 Å². The van der Waals surface area contributed by atoms with E-state index in [-0.39, 0.29) is 18.1 Å². The van der Waals surface area contributed by atoms with Crippen molar-refractivity contribution in [1.29, 1.82) is 5.26 Å². The van der Waals surface area contributed by atoms with Crippen LogP contribution in [0.4, 0.5) is 5.69 Å². The average molecular weight is 311 g/mol. The first kappa shape index (κ1) is 15.6. The summed E-state index contributed by atoms with van der Waals surface area (Å²) < 4.78 is 5.54. The van der Waals surface area contributed by atoms with Crippen LogP contribution in [0.25, 0.3) is 0 Å². The van der Waals surface area contributed by atoms with Crippen molar-refractivity contribution < 1.29 is 9.53 Å². The summed E-state index contributed by atoms with van der Waals surface area (Å²) in [6.07, 6.45) is 7.77. The van der Waals surface area contributed by atoms with Gasteiger partial charge in [-0.1, -0.05) is 0 Å². The summed E-state index contributed by atoms with van der Waals surface area (Å²) in [4.78, 5) is 14.5. The number of anilines is 1. The molecule has 1 aromatic rings. The molecule has 5 nitrogen and oxygen atoms in total. The minimum Gasteiger partial charge on any atom is -0.497 e.